The van der Waals surface area contributed by atoms with Crippen molar-refractivity contribution in [2.45, 2.75) is 40.2 Å². The molecular weight excluding hydrogens is 316 g/mol. The lowest BCUT2D eigenvalue weighted by atomic mass is 9.70. The maximum atomic E-state index is 12.2. The van der Waals surface area contributed by atoms with Crippen molar-refractivity contribution in [3.8, 4) is 5.75 Å². The van der Waals surface area contributed by atoms with E-state index in [2.05, 4.69) is 32.3 Å². The minimum atomic E-state index is -0.430. The number of ether oxygens (including phenoxy) is 1. The van der Waals surface area contributed by atoms with Crippen molar-refractivity contribution in [3.63, 3.8) is 0 Å². The van der Waals surface area contributed by atoms with Crippen LogP contribution in [0.1, 0.15) is 37.5 Å². The summed E-state index contributed by atoms with van der Waals surface area (Å²) in [7, 11) is 3.61. The number of benzene rings is 1. The Kier molecular flexibility index (Phi) is 3.95. The molecule has 134 valence electrons. The summed E-state index contributed by atoms with van der Waals surface area (Å²) in [6, 6.07) is 3.99. The number of hydrogen-bond donors (Lipinski definition) is 1. The number of fused-ring (bicyclic) bond motifs is 1. The van der Waals surface area contributed by atoms with E-state index in [4.69, 9.17) is 9.15 Å². The third-order valence-electron chi connectivity index (χ3n) is 5.27. The molecule has 0 saturated heterocycles. The number of hydrazine groups is 1. The maximum Gasteiger partial charge on any atom is 0.339 e. The first kappa shape index (κ1) is 17.5. The van der Waals surface area contributed by atoms with Crippen molar-refractivity contribution in [3.05, 3.63) is 51.5 Å². The molecule has 2 aromatic rings. The van der Waals surface area contributed by atoms with Gasteiger partial charge in [0.2, 0.25) is 0 Å². The number of hydrogen-bond acceptors (Lipinski definition) is 5. The van der Waals surface area contributed by atoms with Crippen LogP contribution in [-0.4, -0.2) is 19.2 Å². The second kappa shape index (κ2) is 5.63. The first-order chi connectivity index (χ1) is 11.6. The molecular formula is C20H26N2O3. The van der Waals surface area contributed by atoms with Gasteiger partial charge in [0.15, 0.2) is 0 Å². The molecule has 5 heteroatoms. The van der Waals surface area contributed by atoms with Crippen LogP contribution in [0.25, 0.3) is 11.0 Å². The van der Waals surface area contributed by atoms with Gasteiger partial charge in [0.05, 0.1) is 18.0 Å². The summed E-state index contributed by atoms with van der Waals surface area (Å²) in [6.07, 6.45) is 4.16. The average molecular weight is 342 g/mol. The van der Waals surface area contributed by atoms with E-state index in [0.29, 0.717) is 16.9 Å². The van der Waals surface area contributed by atoms with Gasteiger partial charge < -0.3 is 14.2 Å². The van der Waals surface area contributed by atoms with Crippen molar-refractivity contribution >= 4 is 11.0 Å². The van der Waals surface area contributed by atoms with E-state index in [0.717, 1.165) is 16.5 Å². The van der Waals surface area contributed by atoms with Gasteiger partial charge in [-0.15, -0.1) is 0 Å². The molecule has 2 heterocycles. The summed E-state index contributed by atoms with van der Waals surface area (Å²) in [6.45, 7) is 10.2. The molecule has 1 atom stereocenters. The van der Waals surface area contributed by atoms with E-state index in [9.17, 15) is 4.79 Å². The predicted molar refractivity (Wildman–Crippen MR) is 99.7 cm³/mol. The lowest BCUT2D eigenvalue weighted by molar-refractivity contribution is 0.132. The van der Waals surface area contributed by atoms with E-state index in [1.165, 1.54) is 0 Å². The second-order valence-corrected chi connectivity index (χ2v) is 7.79. The fourth-order valence-electron chi connectivity index (χ4n) is 3.53. The standard InChI is InChI=1S/C20H26N2O3/c1-12-13(2)18(23)25-16-11-14(10-15(24-7)17(12)16)20(19(3,4)5)8-9-22(6)21-20/h8-11,21H,1-7H3. The average Bonchev–Trinajstić information content (AvgIpc) is 2.94. The molecule has 1 aromatic heterocycles. The molecule has 1 N–H and O–H groups in total. The molecule has 1 unspecified atom stereocenters. The van der Waals surface area contributed by atoms with E-state index < -0.39 is 5.54 Å². The van der Waals surface area contributed by atoms with Gasteiger partial charge in [-0.1, -0.05) is 20.8 Å². The monoisotopic (exact) mass is 342 g/mol. The van der Waals surface area contributed by atoms with Gasteiger partial charge in [-0.3, -0.25) is 0 Å². The van der Waals surface area contributed by atoms with Gasteiger partial charge >= 0.3 is 5.63 Å². The van der Waals surface area contributed by atoms with E-state index >= 15 is 0 Å². The minimum absolute atomic E-state index is 0.118. The van der Waals surface area contributed by atoms with E-state index in [1.54, 1.807) is 14.0 Å². The summed E-state index contributed by atoms with van der Waals surface area (Å²) < 4.78 is 11.3. The lowest BCUT2D eigenvalue weighted by Crippen LogP contribution is -2.51. The van der Waals surface area contributed by atoms with Crippen molar-refractivity contribution in [2.75, 3.05) is 14.2 Å². The summed E-state index contributed by atoms with van der Waals surface area (Å²) in [5.41, 5.74) is 5.73. The Bertz CT molecular complexity index is 921. The van der Waals surface area contributed by atoms with Crippen LogP contribution in [0.4, 0.5) is 0 Å². The SMILES string of the molecule is COc1cc(C2(C(C)(C)C)C=CN(C)N2)cc2oc(=O)c(C)c(C)c12. The van der Waals surface area contributed by atoms with Crippen LogP contribution in [0.15, 0.2) is 33.6 Å². The van der Waals surface area contributed by atoms with E-state index in [1.807, 2.05) is 37.3 Å². The van der Waals surface area contributed by atoms with Crippen molar-refractivity contribution in [1.82, 2.24) is 10.4 Å². The number of rotatable bonds is 2. The highest BCUT2D eigenvalue weighted by Gasteiger charge is 2.45. The predicted octanol–water partition coefficient (Wildman–Crippen LogP) is 3.62. The molecule has 0 radical (unpaired) electrons. The second-order valence-electron chi connectivity index (χ2n) is 7.79. The molecule has 0 aliphatic carbocycles. The quantitative estimate of drug-likeness (QED) is 0.845. The summed E-state index contributed by atoms with van der Waals surface area (Å²) in [5, 5.41) is 2.79. The van der Waals surface area contributed by atoms with Crippen LogP contribution in [0.5, 0.6) is 5.75 Å². The van der Waals surface area contributed by atoms with Crippen LogP contribution in [-0.2, 0) is 5.54 Å². The van der Waals surface area contributed by atoms with Gasteiger partial charge in [0.1, 0.15) is 11.3 Å². The largest absolute Gasteiger partial charge is 0.496 e. The molecule has 0 saturated carbocycles. The molecule has 1 aliphatic rings. The smallest absolute Gasteiger partial charge is 0.339 e. The third-order valence-corrected chi connectivity index (χ3v) is 5.27. The Hall–Kier alpha value is -2.27. The molecule has 0 fully saturated rings. The van der Waals surface area contributed by atoms with Crippen molar-refractivity contribution < 1.29 is 9.15 Å². The maximum absolute atomic E-state index is 12.2. The fourth-order valence-corrected chi connectivity index (χ4v) is 3.53. The van der Waals surface area contributed by atoms with Crippen molar-refractivity contribution in [2.24, 2.45) is 5.41 Å². The zero-order chi connectivity index (χ0) is 18.6. The van der Waals surface area contributed by atoms with Crippen LogP contribution in [0.2, 0.25) is 0 Å². The van der Waals surface area contributed by atoms with Gasteiger partial charge in [0.25, 0.3) is 0 Å². The van der Waals surface area contributed by atoms with Gasteiger partial charge in [0, 0.05) is 18.8 Å². The zero-order valence-electron chi connectivity index (χ0n) is 16.0. The number of methoxy groups -OCH3 is 1. The number of nitrogens with one attached hydrogen (secondary N) is 1. The summed E-state index contributed by atoms with van der Waals surface area (Å²) in [5.74, 6) is 0.713. The zero-order valence-corrected chi connectivity index (χ0v) is 16.0. The highest BCUT2D eigenvalue weighted by atomic mass is 16.5. The molecule has 3 rings (SSSR count). The Morgan fingerprint density at radius 3 is 2.40 bits per heavy atom. The molecule has 0 bridgehead atoms. The van der Waals surface area contributed by atoms with E-state index in [-0.39, 0.29) is 11.0 Å². The summed E-state index contributed by atoms with van der Waals surface area (Å²) >= 11 is 0. The van der Waals surface area contributed by atoms with Gasteiger partial charge in [-0.25, -0.2) is 10.2 Å². The van der Waals surface area contributed by atoms with Crippen LogP contribution < -0.4 is 15.8 Å². The van der Waals surface area contributed by atoms with Gasteiger partial charge in [-0.05, 0) is 48.6 Å². The molecule has 25 heavy (non-hydrogen) atoms. The number of nitrogens with zero attached hydrogens (tertiary/aromatic N) is 1. The highest BCUT2D eigenvalue weighted by molar-refractivity contribution is 5.88. The first-order valence-corrected chi connectivity index (χ1v) is 8.43. The fraction of sp³-hybridized carbons (Fsp3) is 0.450. The Balaban J connectivity index is 2.36. The topological polar surface area (TPSA) is 54.7 Å². The van der Waals surface area contributed by atoms with Crippen molar-refractivity contribution in [1.29, 1.82) is 0 Å². The Morgan fingerprint density at radius 1 is 1.20 bits per heavy atom. The minimum Gasteiger partial charge on any atom is -0.496 e. The highest BCUT2D eigenvalue weighted by Crippen LogP contribution is 2.45. The third kappa shape index (κ3) is 2.54. The molecule has 5 nitrogen and oxygen atoms in total. The Labute approximate surface area is 148 Å². The molecule has 1 aromatic carbocycles. The molecule has 0 spiro atoms. The van der Waals surface area contributed by atoms with Crippen LogP contribution in [0, 0.1) is 19.3 Å². The molecule has 1 aliphatic heterocycles. The van der Waals surface area contributed by atoms with Gasteiger partial charge in [-0.2, -0.15) is 0 Å². The first-order valence-electron chi connectivity index (χ1n) is 8.43. The van der Waals surface area contributed by atoms with Crippen LogP contribution >= 0.6 is 0 Å². The number of aryl methyl sites for hydroxylation is 1. The Morgan fingerprint density at radius 2 is 1.88 bits per heavy atom. The normalized spacial score (nSPS) is 20.5. The van der Waals surface area contributed by atoms with Crippen LogP contribution in [0.3, 0.4) is 0 Å². The lowest BCUT2D eigenvalue weighted by Gasteiger charge is -2.42. The summed E-state index contributed by atoms with van der Waals surface area (Å²) in [4.78, 5) is 12.2. The molecule has 0 amide bonds.